The third-order valence-corrected chi connectivity index (χ3v) is 18.2. The van der Waals surface area contributed by atoms with Crippen molar-refractivity contribution >= 4 is 22.6 Å². The second-order valence-corrected chi connectivity index (χ2v) is 21.2. The highest BCUT2D eigenvalue weighted by Crippen LogP contribution is 2.36. The van der Waals surface area contributed by atoms with Crippen LogP contribution in [0.3, 0.4) is 0 Å². The number of carbonyl (C=O) groups excluding carboxylic acids is 1. The van der Waals surface area contributed by atoms with E-state index in [4.69, 9.17) is 13.6 Å². The minimum absolute atomic E-state index is 0.114. The highest BCUT2D eigenvalue weighted by molar-refractivity contribution is 6.74. The monoisotopic (exact) mass is 646 g/mol. The van der Waals surface area contributed by atoms with E-state index >= 15 is 0 Å². The van der Waals surface area contributed by atoms with E-state index in [9.17, 15) is 4.79 Å². The van der Waals surface area contributed by atoms with Gasteiger partial charge in [0.1, 0.15) is 0 Å². The van der Waals surface area contributed by atoms with Gasteiger partial charge in [-0.3, -0.25) is 0 Å². The van der Waals surface area contributed by atoms with Crippen molar-refractivity contribution in [1.29, 1.82) is 0 Å². The Bertz CT molecular complexity index is 816. The van der Waals surface area contributed by atoms with Gasteiger partial charge in [0, 0.05) is 12.5 Å². The van der Waals surface area contributed by atoms with Crippen molar-refractivity contribution in [3.8, 4) is 0 Å². The molecule has 1 aromatic carbocycles. The van der Waals surface area contributed by atoms with Crippen LogP contribution < -0.4 is 0 Å². The van der Waals surface area contributed by atoms with Crippen LogP contribution in [-0.4, -0.2) is 41.4 Å². The maximum atomic E-state index is 12.7. The van der Waals surface area contributed by atoms with Crippen LogP contribution in [0.15, 0.2) is 42.5 Å². The minimum Gasteiger partial charge on any atom is -0.463 e. The molecule has 1 rings (SSSR count). The van der Waals surface area contributed by atoms with Crippen LogP contribution in [0, 0.1) is 0 Å². The van der Waals surface area contributed by atoms with Gasteiger partial charge in [0.25, 0.3) is 0 Å². The quantitative estimate of drug-likeness (QED) is 0.0516. The van der Waals surface area contributed by atoms with Gasteiger partial charge in [-0.1, -0.05) is 149 Å². The van der Waals surface area contributed by atoms with Gasteiger partial charge in [-0.2, -0.15) is 0 Å². The number of esters is 1. The van der Waals surface area contributed by atoms with Gasteiger partial charge >= 0.3 is 5.97 Å². The van der Waals surface area contributed by atoms with E-state index in [1.165, 1.54) is 119 Å². The molecule has 4 nitrogen and oxygen atoms in total. The highest BCUT2D eigenvalue weighted by atomic mass is 28.4. The molecule has 0 saturated heterocycles. The zero-order chi connectivity index (χ0) is 32.5. The maximum absolute atomic E-state index is 12.7. The molecule has 0 aliphatic rings. The molecular weight excluding hydrogens is 577 g/mol. The first-order valence-electron chi connectivity index (χ1n) is 18.6. The average molecular weight is 647 g/mol. The summed E-state index contributed by atoms with van der Waals surface area (Å²) >= 11 is 0. The molecule has 0 aromatic heterocycles. The smallest absolute Gasteiger partial charge is 0.330 e. The molecule has 0 aliphatic heterocycles. The lowest BCUT2D eigenvalue weighted by Crippen LogP contribution is -2.50. The van der Waals surface area contributed by atoms with Crippen molar-refractivity contribution in [2.75, 3.05) is 6.61 Å². The molecule has 2 atom stereocenters. The average Bonchev–Trinajstić information content (AvgIpc) is 3.04. The molecule has 0 spiro atoms. The summed E-state index contributed by atoms with van der Waals surface area (Å²) in [6, 6.07) is 18.0. The number of unbranched alkanes of at least 4 members (excludes halogenated alkanes) is 6. The lowest BCUT2D eigenvalue weighted by atomic mass is 10.0. The highest BCUT2D eigenvalue weighted by Gasteiger charge is 2.42. The standard InChI is InChI=1S/C38H70O4Si2/c1-8-15-28-43(29-16-9-2,30-17-10-3)41-36(26-27-38(39)40-14-7)37(34-35-24-22-21-23-25-35)42-44(31-18-11-4,32-19-12-5)33-20-13-6/h21-27,36-37H,8-20,28-34H2,1-7H3/b27-26+/t36-,37-/m0/s1. The number of hydrogen-bond acceptors (Lipinski definition) is 4. The van der Waals surface area contributed by atoms with Crippen LogP contribution in [0.2, 0.25) is 36.3 Å². The van der Waals surface area contributed by atoms with E-state index in [1.54, 1.807) is 6.08 Å². The molecule has 6 heteroatoms. The second-order valence-electron chi connectivity index (χ2n) is 13.0. The summed E-state index contributed by atoms with van der Waals surface area (Å²) in [5.74, 6) is -0.283. The molecule has 254 valence electrons. The molecule has 0 unspecified atom stereocenters. The van der Waals surface area contributed by atoms with Crippen LogP contribution in [0.1, 0.15) is 131 Å². The van der Waals surface area contributed by atoms with Crippen LogP contribution >= 0.6 is 0 Å². The Labute approximate surface area is 275 Å². The fraction of sp³-hybridized carbons (Fsp3) is 0.763. The summed E-state index contributed by atoms with van der Waals surface area (Å²) in [5, 5.41) is 0. The first-order chi connectivity index (χ1) is 21.4. The van der Waals surface area contributed by atoms with E-state index in [0.29, 0.717) is 6.61 Å². The Morgan fingerprint density at radius 3 is 1.43 bits per heavy atom. The minimum atomic E-state index is -2.11. The lowest BCUT2D eigenvalue weighted by Gasteiger charge is -2.42. The normalized spacial score (nSPS) is 13.8. The molecule has 0 N–H and O–H groups in total. The Hall–Kier alpha value is -1.22. The molecule has 0 bridgehead atoms. The molecule has 0 heterocycles. The second kappa shape index (κ2) is 24.9. The van der Waals surface area contributed by atoms with Gasteiger partial charge in [0.05, 0.1) is 18.8 Å². The molecule has 44 heavy (non-hydrogen) atoms. The van der Waals surface area contributed by atoms with Gasteiger partial charge in [0.15, 0.2) is 16.6 Å². The summed E-state index contributed by atoms with van der Waals surface area (Å²) in [4.78, 5) is 12.7. The lowest BCUT2D eigenvalue weighted by molar-refractivity contribution is -0.137. The number of rotatable bonds is 28. The van der Waals surface area contributed by atoms with E-state index in [1.807, 2.05) is 13.0 Å². The molecule has 0 amide bonds. The third kappa shape index (κ3) is 16.4. The van der Waals surface area contributed by atoms with Gasteiger partial charge in [-0.15, -0.1) is 0 Å². The number of carbonyl (C=O) groups is 1. The predicted octanol–water partition coefficient (Wildman–Crippen LogP) is 11.8. The van der Waals surface area contributed by atoms with Crippen molar-refractivity contribution in [3.05, 3.63) is 48.0 Å². The Kier molecular flexibility index (Phi) is 23.1. The van der Waals surface area contributed by atoms with E-state index in [0.717, 1.165) is 6.42 Å². The zero-order valence-corrected chi connectivity index (χ0v) is 32.0. The summed E-state index contributed by atoms with van der Waals surface area (Å²) in [5.41, 5.74) is 1.28. The van der Waals surface area contributed by atoms with Crippen LogP contribution in [0.4, 0.5) is 0 Å². The Balaban J connectivity index is 3.78. The van der Waals surface area contributed by atoms with Gasteiger partial charge in [-0.25, -0.2) is 4.79 Å². The predicted molar refractivity (Wildman–Crippen MR) is 195 cm³/mol. The fourth-order valence-electron chi connectivity index (χ4n) is 6.38. The topological polar surface area (TPSA) is 44.8 Å². The summed E-state index contributed by atoms with van der Waals surface area (Å²) in [6.45, 7) is 16.1. The summed E-state index contributed by atoms with van der Waals surface area (Å²) < 4.78 is 20.7. The van der Waals surface area contributed by atoms with E-state index in [2.05, 4.69) is 71.9 Å². The SMILES string of the molecule is CCCC[Si](CCCC)(CCCC)O[C@@H](/C=C/C(=O)OCC)[C@H](Cc1ccccc1)O[Si](CCCC)(CCCC)CCCC. The zero-order valence-electron chi connectivity index (χ0n) is 30.0. The molecule has 0 saturated carbocycles. The fourth-order valence-corrected chi connectivity index (χ4v) is 16.2. The molecule has 0 fully saturated rings. The number of benzene rings is 1. The van der Waals surface area contributed by atoms with Crippen molar-refractivity contribution in [2.24, 2.45) is 0 Å². The van der Waals surface area contributed by atoms with Crippen LogP contribution in [0.25, 0.3) is 0 Å². The first-order valence-corrected chi connectivity index (χ1v) is 23.7. The molecule has 0 radical (unpaired) electrons. The number of hydrogen-bond donors (Lipinski definition) is 0. The first kappa shape index (κ1) is 40.8. The number of ether oxygens (including phenoxy) is 1. The van der Waals surface area contributed by atoms with E-state index < -0.39 is 16.6 Å². The summed E-state index contributed by atoms with van der Waals surface area (Å²) in [6.07, 6.45) is 18.6. The van der Waals surface area contributed by atoms with Gasteiger partial charge in [0.2, 0.25) is 0 Å². The van der Waals surface area contributed by atoms with Crippen LogP contribution in [0.5, 0.6) is 0 Å². The van der Waals surface area contributed by atoms with Gasteiger partial charge in [-0.05, 0) is 54.8 Å². The third-order valence-electron chi connectivity index (χ3n) is 9.06. The van der Waals surface area contributed by atoms with Crippen molar-refractivity contribution in [3.63, 3.8) is 0 Å². The Morgan fingerprint density at radius 2 is 1.05 bits per heavy atom. The van der Waals surface area contributed by atoms with Crippen molar-refractivity contribution in [2.45, 2.75) is 180 Å². The van der Waals surface area contributed by atoms with Crippen LogP contribution in [-0.2, 0) is 24.8 Å². The largest absolute Gasteiger partial charge is 0.463 e. The van der Waals surface area contributed by atoms with Crippen molar-refractivity contribution < 1.29 is 18.4 Å². The van der Waals surface area contributed by atoms with E-state index in [-0.39, 0.29) is 18.2 Å². The van der Waals surface area contributed by atoms with Gasteiger partial charge < -0.3 is 13.6 Å². The summed E-state index contributed by atoms with van der Waals surface area (Å²) in [7, 11) is -4.19. The molecule has 1 aromatic rings. The van der Waals surface area contributed by atoms with Crippen molar-refractivity contribution in [1.82, 2.24) is 0 Å². The molecular formula is C38H70O4Si2. The molecule has 0 aliphatic carbocycles. The Morgan fingerprint density at radius 1 is 0.636 bits per heavy atom. The maximum Gasteiger partial charge on any atom is 0.330 e.